The van der Waals surface area contributed by atoms with Gasteiger partial charge >= 0.3 is 0 Å². The van der Waals surface area contributed by atoms with Gasteiger partial charge in [0.15, 0.2) is 0 Å². The van der Waals surface area contributed by atoms with E-state index in [9.17, 15) is 9.18 Å². The van der Waals surface area contributed by atoms with Crippen LogP contribution >= 0.6 is 0 Å². The minimum atomic E-state index is -0.475. The van der Waals surface area contributed by atoms with Crippen LogP contribution in [0.1, 0.15) is 10.5 Å². The Balaban J connectivity index is 2.83. The first kappa shape index (κ1) is 9.60. The molecule has 0 aromatic carbocycles. The zero-order chi connectivity index (χ0) is 9.84. The lowest BCUT2D eigenvalue weighted by atomic mass is 10.3. The molecule has 1 amide bonds. The van der Waals surface area contributed by atoms with Gasteiger partial charge in [0.1, 0.15) is 11.5 Å². The van der Waals surface area contributed by atoms with Crippen molar-refractivity contribution in [2.45, 2.75) is 0 Å². The van der Waals surface area contributed by atoms with Crippen LogP contribution in [0.25, 0.3) is 0 Å². The summed E-state index contributed by atoms with van der Waals surface area (Å²) in [5.41, 5.74) is 0.144. The molecule has 1 heterocycles. The van der Waals surface area contributed by atoms with Crippen LogP contribution in [0, 0.1) is 5.82 Å². The van der Waals surface area contributed by atoms with Crippen molar-refractivity contribution in [1.82, 2.24) is 10.0 Å². The van der Waals surface area contributed by atoms with Crippen LogP contribution < -0.4 is 0 Å². The van der Waals surface area contributed by atoms with Crippen LogP contribution in [0.2, 0.25) is 0 Å². The number of hydrogen-bond donors (Lipinski definition) is 0. The number of hydroxylamine groups is 2. The summed E-state index contributed by atoms with van der Waals surface area (Å²) in [5.74, 6) is -0.890. The molecule has 4 nitrogen and oxygen atoms in total. The van der Waals surface area contributed by atoms with E-state index in [1.807, 2.05) is 0 Å². The van der Waals surface area contributed by atoms with E-state index >= 15 is 0 Å². The van der Waals surface area contributed by atoms with Crippen molar-refractivity contribution in [2.75, 3.05) is 14.2 Å². The van der Waals surface area contributed by atoms with Crippen molar-refractivity contribution in [3.63, 3.8) is 0 Å². The summed E-state index contributed by atoms with van der Waals surface area (Å²) >= 11 is 0. The molecule has 1 rings (SSSR count). The topological polar surface area (TPSA) is 42.4 Å². The van der Waals surface area contributed by atoms with Crippen LogP contribution in [0.5, 0.6) is 0 Å². The normalized spacial score (nSPS) is 9.77. The quantitative estimate of drug-likeness (QED) is 0.640. The van der Waals surface area contributed by atoms with Crippen LogP contribution in [0.4, 0.5) is 4.39 Å². The molecule has 0 saturated carbocycles. The summed E-state index contributed by atoms with van der Waals surface area (Å²) in [6.07, 6.45) is 0.983. The van der Waals surface area contributed by atoms with Gasteiger partial charge in [0.25, 0.3) is 5.91 Å². The van der Waals surface area contributed by atoms with Crippen molar-refractivity contribution < 1.29 is 14.0 Å². The number of carbonyl (C=O) groups excluding carboxylic acids is 1. The first-order valence-electron chi connectivity index (χ1n) is 3.59. The Hall–Kier alpha value is -1.49. The lowest BCUT2D eigenvalue weighted by molar-refractivity contribution is -0.0760. The van der Waals surface area contributed by atoms with Crippen LogP contribution in [0.15, 0.2) is 18.3 Å². The summed E-state index contributed by atoms with van der Waals surface area (Å²) in [6, 6.07) is 2.47. The standard InChI is InChI=1S/C8H9FN2O2/c1-11(13-2)8(12)7-4-3-6(9)5-10-7/h3-5H,1-2H3. The van der Waals surface area contributed by atoms with E-state index in [1.165, 1.54) is 26.3 Å². The smallest absolute Gasteiger partial charge is 0.274 e. The second kappa shape index (κ2) is 3.95. The third-order valence-corrected chi connectivity index (χ3v) is 1.51. The molecule has 0 spiro atoms. The first-order valence-corrected chi connectivity index (χ1v) is 3.59. The molecule has 0 aliphatic heterocycles. The van der Waals surface area contributed by atoms with Gasteiger partial charge in [-0.1, -0.05) is 0 Å². The van der Waals surface area contributed by atoms with Crippen molar-refractivity contribution in [1.29, 1.82) is 0 Å². The van der Waals surface area contributed by atoms with Gasteiger partial charge in [0.2, 0.25) is 0 Å². The summed E-state index contributed by atoms with van der Waals surface area (Å²) < 4.78 is 12.4. The highest BCUT2D eigenvalue weighted by molar-refractivity contribution is 5.91. The van der Waals surface area contributed by atoms with Gasteiger partial charge in [-0.3, -0.25) is 9.63 Å². The first-order chi connectivity index (χ1) is 6.15. The highest BCUT2D eigenvalue weighted by Crippen LogP contribution is 2.01. The molecule has 1 aromatic rings. The largest absolute Gasteiger partial charge is 0.295 e. The minimum absolute atomic E-state index is 0.144. The minimum Gasteiger partial charge on any atom is -0.274 e. The Bertz CT molecular complexity index is 300. The lowest BCUT2D eigenvalue weighted by Gasteiger charge is -2.12. The number of aromatic nitrogens is 1. The summed E-state index contributed by atoms with van der Waals surface area (Å²) in [4.78, 5) is 19.6. The molecule has 5 heteroatoms. The lowest BCUT2D eigenvalue weighted by Crippen LogP contribution is -2.26. The van der Waals surface area contributed by atoms with E-state index < -0.39 is 11.7 Å². The molecule has 13 heavy (non-hydrogen) atoms. The highest BCUT2D eigenvalue weighted by atomic mass is 19.1. The molecule has 0 aliphatic rings. The van der Waals surface area contributed by atoms with E-state index in [-0.39, 0.29) is 5.69 Å². The number of rotatable bonds is 2. The maximum absolute atomic E-state index is 12.4. The molecule has 0 atom stereocenters. The highest BCUT2D eigenvalue weighted by Gasteiger charge is 2.11. The molecule has 0 radical (unpaired) electrons. The fourth-order valence-electron chi connectivity index (χ4n) is 0.747. The van der Waals surface area contributed by atoms with E-state index in [4.69, 9.17) is 0 Å². The Morgan fingerprint density at radius 2 is 2.31 bits per heavy atom. The number of hydrogen-bond acceptors (Lipinski definition) is 3. The monoisotopic (exact) mass is 184 g/mol. The van der Waals surface area contributed by atoms with Crippen LogP contribution in [-0.2, 0) is 4.84 Å². The molecule has 0 aliphatic carbocycles. The zero-order valence-corrected chi connectivity index (χ0v) is 7.32. The SMILES string of the molecule is CON(C)C(=O)c1ccc(F)cn1. The maximum Gasteiger partial charge on any atom is 0.295 e. The predicted molar refractivity (Wildman–Crippen MR) is 43.3 cm³/mol. The fraction of sp³-hybridized carbons (Fsp3) is 0.250. The molecule has 0 bridgehead atoms. The van der Waals surface area contributed by atoms with Gasteiger partial charge in [-0.2, -0.15) is 0 Å². The van der Waals surface area contributed by atoms with Gasteiger partial charge < -0.3 is 0 Å². The maximum atomic E-state index is 12.4. The molecular weight excluding hydrogens is 175 g/mol. The van der Waals surface area contributed by atoms with Gasteiger partial charge in [-0.05, 0) is 12.1 Å². The van der Waals surface area contributed by atoms with Crippen LogP contribution in [-0.4, -0.2) is 30.1 Å². The van der Waals surface area contributed by atoms with E-state index in [2.05, 4.69) is 9.82 Å². The predicted octanol–water partition coefficient (Wildman–Crippen LogP) is 0.854. The molecule has 0 saturated heterocycles. The number of pyridine rings is 1. The third kappa shape index (κ3) is 2.22. The average molecular weight is 184 g/mol. The molecular formula is C8H9FN2O2. The number of halogens is 1. The molecule has 0 fully saturated rings. The van der Waals surface area contributed by atoms with Crippen molar-refractivity contribution in [3.05, 3.63) is 29.8 Å². The summed E-state index contributed by atoms with van der Waals surface area (Å²) in [6.45, 7) is 0. The Morgan fingerprint density at radius 1 is 1.62 bits per heavy atom. The summed E-state index contributed by atoms with van der Waals surface area (Å²) in [5, 5.41) is 1.01. The molecule has 0 unspecified atom stereocenters. The fourth-order valence-corrected chi connectivity index (χ4v) is 0.747. The Labute approximate surface area is 74.9 Å². The van der Waals surface area contributed by atoms with E-state index in [1.54, 1.807) is 0 Å². The van der Waals surface area contributed by atoms with Crippen molar-refractivity contribution in [3.8, 4) is 0 Å². The number of amides is 1. The Morgan fingerprint density at radius 3 is 2.77 bits per heavy atom. The number of carbonyl (C=O) groups is 1. The van der Waals surface area contributed by atoms with E-state index in [0.717, 1.165) is 11.3 Å². The molecule has 0 N–H and O–H groups in total. The van der Waals surface area contributed by atoms with Gasteiger partial charge in [0, 0.05) is 7.05 Å². The number of nitrogens with zero attached hydrogens (tertiary/aromatic N) is 2. The van der Waals surface area contributed by atoms with Gasteiger partial charge in [-0.25, -0.2) is 14.4 Å². The second-order valence-electron chi connectivity index (χ2n) is 2.35. The zero-order valence-electron chi connectivity index (χ0n) is 7.32. The average Bonchev–Trinajstić information content (AvgIpc) is 2.17. The van der Waals surface area contributed by atoms with E-state index in [0.29, 0.717) is 0 Å². The van der Waals surface area contributed by atoms with Gasteiger partial charge in [-0.15, -0.1) is 0 Å². The van der Waals surface area contributed by atoms with Crippen molar-refractivity contribution >= 4 is 5.91 Å². The Kier molecular flexibility index (Phi) is 2.92. The van der Waals surface area contributed by atoms with Crippen molar-refractivity contribution in [2.24, 2.45) is 0 Å². The summed E-state index contributed by atoms with van der Waals surface area (Å²) in [7, 11) is 2.81. The third-order valence-electron chi connectivity index (χ3n) is 1.51. The van der Waals surface area contributed by atoms with Gasteiger partial charge in [0.05, 0.1) is 13.3 Å². The molecule has 1 aromatic heterocycles. The second-order valence-corrected chi connectivity index (χ2v) is 2.35. The van der Waals surface area contributed by atoms with Crippen LogP contribution in [0.3, 0.4) is 0 Å². The molecule has 70 valence electrons.